The second-order valence-corrected chi connectivity index (χ2v) is 7.38. The van der Waals surface area contributed by atoms with Crippen molar-refractivity contribution in [1.82, 2.24) is 0 Å². The first-order valence-electron chi connectivity index (χ1n) is 6.84. The van der Waals surface area contributed by atoms with Gasteiger partial charge in [0.15, 0.2) is 6.04 Å². The van der Waals surface area contributed by atoms with Crippen LogP contribution in [0, 0.1) is 0 Å². The summed E-state index contributed by atoms with van der Waals surface area (Å²) in [6, 6.07) is 14.1. The van der Waals surface area contributed by atoms with E-state index in [1.165, 1.54) is 0 Å². The number of carbonyl (C=O) groups is 1. The van der Waals surface area contributed by atoms with E-state index < -0.39 is 0 Å². The molecule has 1 aliphatic heterocycles. The van der Waals surface area contributed by atoms with E-state index in [2.05, 4.69) is 36.6 Å². The third-order valence-electron chi connectivity index (χ3n) is 3.62. The van der Waals surface area contributed by atoms with Gasteiger partial charge in [-0.2, -0.15) is 0 Å². The number of fused-ring (bicyclic) bond motifs is 1. The Kier molecular flexibility index (Phi) is 3.44. The zero-order chi connectivity index (χ0) is 14.2. The van der Waals surface area contributed by atoms with E-state index in [9.17, 15) is 4.79 Å². The summed E-state index contributed by atoms with van der Waals surface area (Å²) < 4.78 is 0. The number of quaternary nitrogens is 1. The van der Waals surface area contributed by atoms with E-state index in [1.54, 1.807) is 0 Å². The number of rotatable bonds is 2. The molecule has 0 aromatic heterocycles. The molecule has 3 N–H and O–H groups in total. The highest BCUT2D eigenvalue weighted by Crippen LogP contribution is 2.25. The van der Waals surface area contributed by atoms with Crippen LogP contribution < -0.4 is 10.6 Å². The van der Waals surface area contributed by atoms with E-state index >= 15 is 0 Å². The Bertz CT molecular complexity index is 648. The van der Waals surface area contributed by atoms with E-state index in [-0.39, 0.29) is 16.8 Å². The molecule has 0 spiro atoms. The van der Waals surface area contributed by atoms with Crippen molar-refractivity contribution in [3.8, 4) is 0 Å². The van der Waals surface area contributed by atoms with Crippen LogP contribution in [0.2, 0.25) is 0 Å². The molecule has 0 radical (unpaired) electrons. The maximum Gasteiger partial charge on any atom is 0.283 e. The summed E-state index contributed by atoms with van der Waals surface area (Å²) in [7, 11) is 0. The predicted octanol–water partition coefficient (Wildman–Crippen LogP) is 2.19. The fourth-order valence-electron chi connectivity index (χ4n) is 2.60. The predicted molar refractivity (Wildman–Crippen MR) is 84.8 cm³/mol. The third-order valence-corrected chi connectivity index (χ3v) is 5.03. The lowest BCUT2D eigenvalue weighted by molar-refractivity contribution is -0.704. The fraction of sp³-hybridized carbons (Fsp3) is 0.312. The molecular formula is C16H19N2OS+. The molecule has 1 heterocycles. The average molecular weight is 287 g/mol. The minimum atomic E-state index is -0.00558. The minimum absolute atomic E-state index is 0.00558. The van der Waals surface area contributed by atoms with Gasteiger partial charge in [-0.25, -0.2) is 0 Å². The highest BCUT2D eigenvalue weighted by Gasteiger charge is 2.39. The molecular weight excluding hydrogens is 268 g/mol. The number of hydrogen-bond donors (Lipinski definition) is 2. The first-order chi connectivity index (χ1) is 9.55. The van der Waals surface area contributed by atoms with Gasteiger partial charge < -0.3 is 10.6 Å². The Morgan fingerprint density at radius 2 is 2.00 bits per heavy atom. The van der Waals surface area contributed by atoms with Gasteiger partial charge in [0.2, 0.25) is 0 Å². The van der Waals surface area contributed by atoms with Crippen molar-refractivity contribution in [2.24, 2.45) is 0 Å². The molecule has 104 valence electrons. The zero-order valence-electron chi connectivity index (χ0n) is 11.7. The van der Waals surface area contributed by atoms with Gasteiger partial charge >= 0.3 is 0 Å². The molecule has 2 aromatic rings. The molecule has 1 saturated heterocycles. The van der Waals surface area contributed by atoms with Crippen LogP contribution in [0.3, 0.4) is 0 Å². The lowest BCUT2D eigenvalue weighted by Crippen LogP contribution is -2.97. The van der Waals surface area contributed by atoms with Crippen LogP contribution in [0.25, 0.3) is 10.8 Å². The molecule has 3 rings (SSSR count). The third kappa shape index (κ3) is 2.67. The summed E-state index contributed by atoms with van der Waals surface area (Å²) in [5.74, 6) is 0.961. The first-order valence-corrected chi connectivity index (χ1v) is 7.82. The molecule has 4 heteroatoms. The second-order valence-electron chi connectivity index (χ2n) is 5.70. The summed E-state index contributed by atoms with van der Waals surface area (Å²) in [6.45, 7) is 4.31. The molecule has 1 amide bonds. The Hall–Kier alpha value is -1.52. The molecule has 20 heavy (non-hydrogen) atoms. The monoisotopic (exact) mass is 287 g/mol. The number of thioether (sulfide) groups is 1. The quantitative estimate of drug-likeness (QED) is 0.889. The van der Waals surface area contributed by atoms with Crippen molar-refractivity contribution < 1.29 is 10.1 Å². The zero-order valence-corrected chi connectivity index (χ0v) is 12.5. The number of anilines is 1. The molecule has 2 aromatic carbocycles. The minimum Gasteiger partial charge on any atom is -0.322 e. The van der Waals surface area contributed by atoms with Crippen molar-refractivity contribution in [1.29, 1.82) is 0 Å². The molecule has 1 atom stereocenters. The van der Waals surface area contributed by atoms with Crippen LogP contribution in [-0.2, 0) is 4.79 Å². The summed E-state index contributed by atoms with van der Waals surface area (Å²) >= 11 is 1.83. The van der Waals surface area contributed by atoms with E-state index in [0.29, 0.717) is 0 Å². The Morgan fingerprint density at radius 3 is 2.75 bits per heavy atom. The van der Waals surface area contributed by atoms with E-state index in [0.717, 1.165) is 22.2 Å². The number of amides is 1. The second kappa shape index (κ2) is 5.11. The number of nitrogens with two attached hydrogens (primary N) is 1. The number of nitrogens with one attached hydrogen (secondary N) is 1. The van der Waals surface area contributed by atoms with Gasteiger partial charge in [0.1, 0.15) is 4.87 Å². The summed E-state index contributed by atoms with van der Waals surface area (Å²) in [6.07, 6.45) is 0. The Labute approximate surface area is 123 Å². The molecule has 0 bridgehead atoms. The van der Waals surface area contributed by atoms with Crippen LogP contribution >= 0.6 is 11.8 Å². The van der Waals surface area contributed by atoms with Gasteiger partial charge in [-0.05, 0) is 11.5 Å². The first kappa shape index (κ1) is 13.5. The standard InChI is InChI=1S/C16H18N2OS/c1-16(2)18-14(10-20-16)15(19)17-13-9-5-7-11-6-3-4-8-12(11)13/h3-9,14,18H,10H2,1-2H3,(H,17,19)/p+1/t14-/m0/s1. The van der Waals surface area contributed by atoms with Crippen LogP contribution in [0.4, 0.5) is 5.69 Å². The summed E-state index contributed by atoms with van der Waals surface area (Å²) in [4.78, 5) is 12.5. The van der Waals surface area contributed by atoms with Crippen molar-refractivity contribution in [2.75, 3.05) is 11.1 Å². The molecule has 1 fully saturated rings. The van der Waals surface area contributed by atoms with Crippen LogP contribution in [0.5, 0.6) is 0 Å². The molecule has 1 aliphatic rings. The summed E-state index contributed by atoms with van der Waals surface area (Å²) in [5, 5.41) is 7.47. The van der Waals surface area contributed by atoms with Gasteiger partial charge in [0, 0.05) is 24.9 Å². The molecule has 0 saturated carbocycles. The van der Waals surface area contributed by atoms with Crippen LogP contribution in [0.15, 0.2) is 42.5 Å². The van der Waals surface area contributed by atoms with E-state index in [4.69, 9.17) is 0 Å². The van der Waals surface area contributed by atoms with Gasteiger partial charge in [-0.3, -0.25) is 4.79 Å². The van der Waals surface area contributed by atoms with Crippen LogP contribution in [-0.4, -0.2) is 22.6 Å². The highest BCUT2D eigenvalue weighted by molar-refractivity contribution is 8.00. The lowest BCUT2D eigenvalue weighted by atomic mass is 10.1. The molecule has 0 aliphatic carbocycles. The Morgan fingerprint density at radius 1 is 1.25 bits per heavy atom. The maximum absolute atomic E-state index is 12.4. The van der Waals surface area contributed by atoms with Gasteiger partial charge in [0.25, 0.3) is 5.91 Å². The largest absolute Gasteiger partial charge is 0.322 e. The smallest absolute Gasteiger partial charge is 0.283 e. The maximum atomic E-state index is 12.4. The van der Waals surface area contributed by atoms with Gasteiger partial charge in [-0.1, -0.05) is 48.2 Å². The summed E-state index contributed by atoms with van der Waals surface area (Å²) in [5.41, 5.74) is 0.899. The van der Waals surface area contributed by atoms with Crippen LogP contribution in [0.1, 0.15) is 13.8 Å². The highest BCUT2D eigenvalue weighted by atomic mass is 32.2. The van der Waals surface area contributed by atoms with Crippen molar-refractivity contribution in [3.05, 3.63) is 42.5 Å². The molecule has 0 unspecified atom stereocenters. The fourth-order valence-corrected chi connectivity index (χ4v) is 3.71. The average Bonchev–Trinajstić information content (AvgIpc) is 2.80. The number of carbonyl (C=O) groups excluding carboxylic acids is 1. The topological polar surface area (TPSA) is 45.7 Å². The Balaban J connectivity index is 1.82. The number of hydrogen-bond acceptors (Lipinski definition) is 2. The van der Waals surface area contributed by atoms with Gasteiger partial charge in [-0.15, -0.1) is 0 Å². The SMILES string of the molecule is CC1(C)[NH2+][C@H](C(=O)Nc2cccc3ccccc23)CS1. The normalized spacial score (nSPS) is 21.0. The number of benzene rings is 2. The van der Waals surface area contributed by atoms with E-state index in [1.807, 2.05) is 42.1 Å². The van der Waals surface area contributed by atoms with Crippen molar-refractivity contribution in [2.45, 2.75) is 24.8 Å². The lowest BCUT2D eigenvalue weighted by Gasteiger charge is -2.15. The van der Waals surface area contributed by atoms with Crippen molar-refractivity contribution in [3.63, 3.8) is 0 Å². The van der Waals surface area contributed by atoms with Gasteiger partial charge in [0.05, 0.1) is 5.75 Å². The molecule has 3 nitrogen and oxygen atoms in total. The van der Waals surface area contributed by atoms with Crippen molar-refractivity contribution >= 4 is 34.1 Å².